The van der Waals surface area contributed by atoms with E-state index in [1.807, 2.05) is 67.6 Å². The molecule has 2 aromatic carbocycles. The van der Waals surface area contributed by atoms with Crippen LogP contribution in [0.4, 0.5) is 5.82 Å². The van der Waals surface area contributed by atoms with E-state index in [4.69, 9.17) is 4.74 Å². The standard InChI is InChI=1S/C22H24N4O3S/c1-18-23-21(16-22(24-18)29-20-10-6-3-7-11-20)25-12-14-26(15-13-25)30(27,28)17-19-8-4-2-5-9-19/h2-11,16H,12-15,17H2,1H3. The Labute approximate surface area is 177 Å². The van der Waals surface area contributed by atoms with Crippen molar-refractivity contribution in [2.75, 3.05) is 31.1 Å². The fraction of sp³-hybridized carbons (Fsp3) is 0.273. The highest BCUT2D eigenvalue weighted by Crippen LogP contribution is 2.24. The van der Waals surface area contributed by atoms with Crippen LogP contribution in [-0.2, 0) is 15.8 Å². The van der Waals surface area contributed by atoms with Crippen LogP contribution in [0.3, 0.4) is 0 Å². The molecule has 1 aliphatic rings. The maximum Gasteiger partial charge on any atom is 0.224 e. The summed E-state index contributed by atoms with van der Waals surface area (Å²) in [7, 11) is -3.35. The van der Waals surface area contributed by atoms with Crippen LogP contribution in [0.1, 0.15) is 11.4 Å². The van der Waals surface area contributed by atoms with Crippen LogP contribution in [0.25, 0.3) is 0 Å². The summed E-state index contributed by atoms with van der Waals surface area (Å²) in [4.78, 5) is 11.0. The Balaban J connectivity index is 1.42. The number of nitrogens with zero attached hydrogens (tertiary/aromatic N) is 4. The second kappa shape index (κ2) is 8.81. The highest BCUT2D eigenvalue weighted by atomic mass is 32.2. The predicted octanol–water partition coefficient (Wildman–Crippen LogP) is 3.23. The molecule has 4 rings (SSSR count). The zero-order valence-corrected chi connectivity index (χ0v) is 17.6. The van der Waals surface area contributed by atoms with E-state index in [1.54, 1.807) is 10.4 Å². The third-order valence-corrected chi connectivity index (χ3v) is 6.76. The fourth-order valence-electron chi connectivity index (χ4n) is 3.42. The molecule has 1 fully saturated rings. The number of piperazine rings is 1. The van der Waals surface area contributed by atoms with Crippen molar-refractivity contribution in [3.63, 3.8) is 0 Å². The van der Waals surface area contributed by atoms with Gasteiger partial charge >= 0.3 is 0 Å². The number of rotatable bonds is 6. The van der Waals surface area contributed by atoms with Crippen LogP contribution in [0, 0.1) is 6.92 Å². The van der Waals surface area contributed by atoms with Gasteiger partial charge in [0.25, 0.3) is 0 Å². The maximum absolute atomic E-state index is 12.8. The first-order chi connectivity index (χ1) is 14.5. The Morgan fingerprint density at radius 3 is 2.20 bits per heavy atom. The molecule has 30 heavy (non-hydrogen) atoms. The molecular weight excluding hydrogens is 400 g/mol. The van der Waals surface area contributed by atoms with Crippen LogP contribution in [-0.4, -0.2) is 48.9 Å². The molecule has 7 nitrogen and oxygen atoms in total. The van der Waals surface area contributed by atoms with Crippen molar-refractivity contribution in [3.8, 4) is 11.6 Å². The quantitative estimate of drug-likeness (QED) is 0.605. The molecule has 0 radical (unpaired) electrons. The molecule has 2 heterocycles. The molecule has 0 aliphatic carbocycles. The molecule has 1 aromatic heterocycles. The number of aromatic nitrogens is 2. The van der Waals surface area contributed by atoms with Crippen LogP contribution in [0.15, 0.2) is 66.7 Å². The number of hydrogen-bond acceptors (Lipinski definition) is 6. The van der Waals surface area contributed by atoms with Crippen LogP contribution < -0.4 is 9.64 Å². The van der Waals surface area contributed by atoms with E-state index in [0.29, 0.717) is 43.6 Å². The molecule has 0 amide bonds. The molecule has 156 valence electrons. The second-order valence-corrected chi connectivity index (χ2v) is 9.12. The lowest BCUT2D eigenvalue weighted by Crippen LogP contribution is -2.49. The van der Waals surface area contributed by atoms with Gasteiger partial charge in [0.15, 0.2) is 0 Å². The van der Waals surface area contributed by atoms with Gasteiger partial charge in [0.1, 0.15) is 17.4 Å². The summed E-state index contributed by atoms with van der Waals surface area (Å²) in [6, 6.07) is 20.5. The summed E-state index contributed by atoms with van der Waals surface area (Å²) < 4.78 is 33.0. The average molecular weight is 425 g/mol. The topological polar surface area (TPSA) is 75.6 Å². The Bertz CT molecular complexity index is 1080. The number of para-hydroxylation sites is 1. The van der Waals surface area contributed by atoms with Gasteiger partial charge in [-0.1, -0.05) is 48.5 Å². The summed E-state index contributed by atoms with van der Waals surface area (Å²) in [6.07, 6.45) is 0. The Morgan fingerprint density at radius 2 is 1.53 bits per heavy atom. The van der Waals surface area contributed by atoms with E-state index in [0.717, 1.165) is 11.4 Å². The number of sulfonamides is 1. The Morgan fingerprint density at radius 1 is 0.900 bits per heavy atom. The largest absolute Gasteiger partial charge is 0.439 e. The van der Waals surface area contributed by atoms with Crippen molar-refractivity contribution >= 4 is 15.8 Å². The fourth-order valence-corrected chi connectivity index (χ4v) is 4.94. The molecule has 0 atom stereocenters. The van der Waals surface area contributed by atoms with Crippen molar-refractivity contribution in [2.45, 2.75) is 12.7 Å². The van der Waals surface area contributed by atoms with E-state index in [1.165, 1.54) is 0 Å². The van der Waals surface area contributed by atoms with Crippen molar-refractivity contribution in [1.82, 2.24) is 14.3 Å². The second-order valence-electron chi connectivity index (χ2n) is 7.15. The van der Waals surface area contributed by atoms with Gasteiger partial charge < -0.3 is 9.64 Å². The van der Waals surface area contributed by atoms with Crippen molar-refractivity contribution in [1.29, 1.82) is 0 Å². The molecule has 0 N–H and O–H groups in total. The van der Waals surface area contributed by atoms with Gasteiger partial charge in [0.2, 0.25) is 15.9 Å². The van der Waals surface area contributed by atoms with Crippen LogP contribution in [0.5, 0.6) is 11.6 Å². The van der Waals surface area contributed by atoms with Gasteiger partial charge in [-0.05, 0) is 24.6 Å². The zero-order chi connectivity index (χ0) is 21.0. The van der Waals surface area contributed by atoms with Gasteiger partial charge in [-0.3, -0.25) is 0 Å². The highest BCUT2D eigenvalue weighted by molar-refractivity contribution is 7.88. The smallest absolute Gasteiger partial charge is 0.224 e. The normalized spacial score (nSPS) is 15.2. The molecule has 3 aromatic rings. The summed E-state index contributed by atoms with van der Waals surface area (Å²) >= 11 is 0. The van der Waals surface area contributed by atoms with E-state index < -0.39 is 10.0 Å². The van der Waals surface area contributed by atoms with Crippen molar-refractivity contribution in [2.24, 2.45) is 0 Å². The minimum atomic E-state index is -3.35. The van der Waals surface area contributed by atoms with Gasteiger partial charge in [-0.15, -0.1) is 0 Å². The van der Waals surface area contributed by atoms with E-state index in [-0.39, 0.29) is 5.75 Å². The molecule has 0 spiro atoms. The lowest BCUT2D eigenvalue weighted by Gasteiger charge is -2.34. The summed E-state index contributed by atoms with van der Waals surface area (Å²) in [6.45, 7) is 3.80. The first-order valence-electron chi connectivity index (χ1n) is 9.85. The van der Waals surface area contributed by atoms with Gasteiger partial charge in [-0.25, -0.2) is 13.4 Å². The SMILES string of the molecule is Cc1nc(Oc2ccccc2)cc(N2CCN(S(=O)(=O)Cc3ccccc3)CC2)n1. The third-order valence-electron chi connectivity index (χ3n) is 4.91. The van der Waals surface area contributed by atoms with Gasteiger partial charge in [0, 0.05) is 32.2 Å². The van der Waals surface area contributed by atoms with Crippen LogP contribution in [0.2, 0.25) is 0 Å². The average Bonchev–Trinajstić information content (AvgIpc) is 2.75. The first kappa shape index (κ1) is 20.3. The lowest BCUT2D eigenvalue weighted by molar-refractivity contribution is 0.382. The monoisotopic (exact) mass is 424 g/mol. The summed E-state index contributed by atoms with van der Waals surface area (Å²) in [5.74, 6) is 2.56. The molecule has 8 heteroatoms. The Kier molecular flexibility index (Phi) is 5.96. The number of anilines is 1. The maximum atomic E-state index is 12.8. The molecule has 0 bridgehead atoms. The number of benzene rings is 2. The minimum absolute atomic E-state index is 0.0233. The number of ether oxygens (including phenoxy) is 1. The molecule has 1 aliphatic heterocycles. The third kappa shape index (κ3) is 4.95. The van der Waals surface area contributed by atoms with Gasteiger partial charge in [-0.2, -0.15) is 9.29 Å². The highest BCUT2D eigenvalue weighted by Gasteiger charge is 2.28. The molecule has 0 saturated carbocycles. The van der Waals surface area contributed by atoms with Crippen LogP contribution >= 0.6 is 0 Å². The number of aryl methyl sites for hydroxylation is 1. The zero-order valence-electron chi connectivity index (χ0n) is 16.8. The van der Waals surface area contributed by atoms with Crippen molar-refractivity contribution in [3.05, 3.63) is 78.1 Å². The first-order valence-corrected chi connectivity index (χ1v) is 11.5. The van der Waals surface area contributed by atoms with Crippen molar-refractivity contribution < 1.29 is 13.2 Å². The van der Waals surface area contributed by atoms with E-state index >= 15 is 0 Å². The number of hydrogen-bond donors (Lipinski definition) is 0. The molecule has 0 unspecified atom stereocenters. The summed E-state index contributed by atoms with van der Waals surface area (Å²) in [5.41, 5.74) is 0.800. The predicted molar refractivity (Wildman–Crippen MR) is 116 cm³/mol. The lowest BCUT2D eigenvalue weighted by atomic mass is 10.2. The summed E-state index contributed by atoms with van der Waals surface area (Å²) in [5, 5.41) is 0. The van der Waals surface area contributed by atoms with Gasteiger partial charge in [0.05, 0.1) is 5.75 Å². The minimum Gasteiger partial charge on any atom is -0.439 e. The Hall–Kier alpha value is -2.97. The van der Waals surface area contributed by atoms with E-state index in [9.17, 15) is 8.42 Å². The van der Waals surface area contributed by atoms with E-state index in [2.05, 4.69) is 14.9 Å². The molecular formula is C22H24N4O3S. The molecule has 1 saturated heterocycles.